The maximum absolute atomic E-state index is 11.9. The molecule has 0 bridgehead atoms. The molecule has 22 heavy (non-hydrogen) atoms. The number of amides is 1. The lowest BCUT2D eigenvalue weighted by atomic mass is 10.2. The van der Waals surface area contributed by atoms with E-state index >= 15 is 0 Å². The van der Waals surface area contributed by atoms with Crippen LogP contribution in [-0.2, 0) is 4.74 Å². The van der Waals surface area contributed by atoms with Gasteiger partial charge in [0.1, 0.15) is 18.3 Å². The van der Waals surface area contributed by atoms with E-state index in [9.17, 15) is 4.79 Å². The van der Waals surface area contributed by atoms with E-state index in [4.69, 9.17) is 14.7 Å². The Balaban J connectivity index is 1.97. The van der Waals surface area contributed by atoms with Gasteiger partial charge >= 0.3 is 6.09 Å². The first-order valence-electron chi connectivity index (χ1n) is 7.07. The first kappa shape index (κ1) is 16.6. The summed E-state index contributed by atoms with van der Waals surface area (Å²) in [6.45, 7) is 5.78. The van der Waals surface area contributed by atoms with Crippen LogP contribution in [0.15, 0.2) is 22.7 Å². The molecular formula is C16H19BrN2O3. The van der Waals surface area contributed by atoms with E-state index in [0.29, 0.717) is 17.9 Å². The van der Waals surface area contributed by atoms with Crippen molar-refractivity contribution in [3.63, 3.8) is 0 Å². The monoisotopic (exact) mass is 366 g/mol. The standard InChI is InChI=1S/C16H19BrN2O3/c1-15(2,3)22-14(20)19-16(7-8-16)10-21-13-11(9-18)5-4-6-12(13)17/h4-6H,7-8,10H2,1-3H3,(H,19,20). The van der Waals surface area contributed by atoms with Gasteiger partial charge < -0.3 is 14.8 Å². The summed E-state index contributed by atoms with van der Waals surface area (Å²) in [7, 11) is 0. The molecule has 1 aliphatic rings. The summed E-state index contributed by atoms with van der Waals surface area (Å²) in [5.41, 5.74) is -0.468. The Hall–Kier alpha value is -1.74. The van der Waals surface area contributed by atoms with E-state index in [-0.39, 0.29) is 0 Å². The lowest BCUT2D eigenvalue weighted by Gasteiger charge is -2.23. The van der Waals surface area contributed by atoms with Gasteiger partial charge in [0.25, 0.3) is 0 Å². The largest absolute Gasteiger partial charge is 0.489 e. The van der Waals surface area contributed by atoms with Crippen molar-refractivity contribution in [3.05, 3.63) is 28.2 Å². The Morgan fingerprint density at radius 3 is 2.68 bits per heavy atom. The summed E-state index contributed by atoms with van der Waals surface area (Å²) in [5.74, 6) is 0.502. The zero-order valence-electron chi connectivity index (χ0n) is 12.9. The molecule has 0 atom stereocenters. The van der Waals surface area contributed by atoms with Crippen molar-refractivity contribution in [2.75, 3.05) is 6.61 Å². The Morgan fingerprint density at radius 2 is 2.14 bits per heavy atom. The minimum absolute atomic E-state index is 0.309. The number of para-hydroxylation sites is 1. The highest BCUT2D eigenvalue weighted by atomic mass is 79.9. The number of carbonyl (C=O) groups excluding carboxylic acids is 1. The van der Waals surface area contributed by atoms with Gasteiger partial charge in [-0.25, -0.2) is 4.79 Å². The zero-order valence-corrected chi connectivity index (χ0v) is 14.5. The lowest BCUT2D eigenvalue weighted by Crippen LogP contribution is -2.44. The van der Waals surface area contributed by atoms with Crippen LogP contribution in [0.25, 0.3) is 0 Å². The number of nitriles is 1. The SMILES string of the molecule is CC(C)(C)OC(=O)NC1(COc2c(Br)cccc2C#N)CC1. The summed E-state index contributed by atoms with van der Waals surface area (Å²) in [6.07, 6.45) is 1.22. The number of alkyl carbamates (subject to hydrolysis) is 1. The van der Waals surface area contributed by atoms with Crippen LogP contribution in [0.3, 0.4) is 0 Å². The van der Waals surface area contributed by atoms with Crippen LogP contribution in [0, 0.1) is 11.3 Å². The third-order valence-electron chi connectivity index (χ3n) is 3.20. The topological polar surface area (TPSA) is 71.3 Å². The first-order valence-corrected chi connectivity index (χ1v) is 7.87. The maximum atomic E-state index is 11.9. The van der Waals surface area contributed by atoms with Crippen molar-refractivity contribution in [1.82, 2.24) is 5.32 Å². The fourth-order valence-corrected chi connectivity index (χ4v) is 2.41. The predicted molar refractivity (Wildman–Crippen MR) is 85.7 cm³/mol. The van der Waals surface area contributed by atoms with Crippen molar-refractivity contribution in [2.24, 2.45) is 0 Å². The average molecular weight is 367 g/mol. The van der Waals surface area contributed by atoms with Gasteiger partial charge in [-0.15, -0.1) is 0 Å². The van der Waals surface area contributed by atoms with E-state index in [0.717, 1.165) is 17.3 Å². The molecule has 5 nitrogen and oxygen atoms in total. The van der Waals surface area contributed by atoms with Crippen LogP contribution >= 0.6 is 15.9 Å². The highest BCUT2D eigenvalue weighted by molar-refractivity contribution is 9.10. The fourth-order valence-electron chi connectivity index (χ4n) is 1.93. The average Bonchev–Trinajstić information content (AvgIpc) is 3.14. The third-order valence-corrected chi connectivity index (χ3v) is 3.82. The predicted octanol–water partition coefficient (Wildman–Crippen LogP) is 3.76. The molecule has 0 aliphatic heterocycles. The van der Waals surface area contributed by atoms with E-state index in [1.807, 2.05) is 26.8 Å². The number of ether oxygens (including phenoxy) is 2. The van der Waals surface area contributed by atoms with Gasteiger partial charge in [0.15, 0.2) is 5.75 Å². The van der Waals surface area contributed by atoms with Crippen molar-refractivity contribution in [3.8, 4) is 11.8 Å². The zero-order chi connectivity index (χ0) is 16.4. The second-order valence-electron chi connectivity index (χ2n) is 6.42. The third kappa shape index (κ3) is 4.38. The van der Waals surface area contributed by atoms with E-state index < -0.39 is 17.2 Å². The van der Waals surface area contributed by atoms with Gasteiger partial charge in [-0.3, -0.25) is 0 Å². The maximum Gasteiger partial charge on any atom is 0.408 e. The number of rotatable bonds is 4. The minimum Gasteiger partial charge on any atom is -0.489 e. The Labute approximate surface area is 138 Å². The molecule has 6 heteroatoms. The van der Waals surface area contributed by atoms with Crippen molar-refractivity contribution >= 4 is 22.0 Å². The highest BCUT2D eigenvalue weighted by Crippen LogP contribution is 2.38. The number of benzene rings is 1. The van der Waals surface area contributed by atoms with Crippen molar-refractivity contribution in [1.29, 1.82) is 5.26 Å². The molecule has 1 saturated carbocycles. The van der Waals surface area contributed by atoms with Crippen molar-refractivity contribution < 1.29 is 14.3 Å². The van der Waals surface area contributed by atoms with Crippen LogP contribution in [0.1, 0.15) is 39.2 Å². The summed E-state index contributed by atoms with van der Waals surface area (Å²) in [6, 6.07) is 7.39. The molecule has 1 aliphatic carbocycles. The van der Waals surface area contributed by atoms with E-state index in [1.165, 1.54) is 0 Å². The normalized spacial score (nSPS) is 15.6. The Bertz CT molecular complexity index is 613. The quantitative estimate of drug-likeness (QED) is 0.880. The van der Waals surface area contributed by atoms with Crippen LogP contribution in [0.4, 0.5) is 4.79 Å². The molecule has 0 radical (unpaired) electrons. The lowest BCUT2D eigenvalue weighted by molar-refractivity contribution is 0.0477. The number of halogens is 1. The number of hydrogen-bond donors (Lipinski definition) is 1. The van der Waals surface area contributed by atoms with E-state index in [1.54, 1.807) is 12.1 Å². The summed E-state index contributed by atoms with van der Waals surface area (Å²) in [4.78, 5) is 11.9. The van der Waals surface area contributed by atoms with Crippen LogP contribution in [0.5, 0.6) is 5.75 Å². The molecule has 1 amide bonds. The van der Waals surface area contributed by atoms with Gasteiger partial charge in [0.05, 0.1) is 15.6 Å². The molecule has 2 rings (SSSR count). The van der Waals surface area contributed by atoms with Crippen LogP contribution < -0.4 is 10.1 Å². The Morgan fingerprint density at radius 1 is 1.45 bits per heavy atom. The molecule has 1 aromatic rings. The minimum atomic E-state index is -0.530. The molecule has 0 unspecified atom stereocenters. The highest BCUT2D eigenvalue weighted by Gasteiger charge is 2.46. The molecule has 0 saturated heterocycles. The molecule has 0 aromatic heterocycles. The van der Waals surface area contributed by atoms with E-state index in [2.05, 4.69) is 27.3 Å². The second kappa shape index (κ2) is 6.17. The van der Waals surface area contributed by atoms with Gasteiger partial charge in [-0.2, -0.15) is 5.26 Å². The van der Waals surface area contributed by atoms with Gasteiger partial charge in [-0.05, 0) is 61.7 Å². The molecule has 1 N–H and O–H groups in total. The first-order chi connectivity index (χ1) is 10.2. The summed E-state index contributed by atoms with van der Waals surface area (Å²) < 4.78 is 11.8. The van der Waals surface area contributed by atoms with Gasteiger partial charge in [-0.1, -0.05) is 6.07 Å². The number of nitrogens with one attached hydrogen (secondary N) is 1. The van der Waals surface area contributed by atoms with Gasteiger partial charge in [0.2, 0.25) is 0 Å². The molecule has 0 heterocycles. The van der Waals surface area contributed by atoms with Crippen LogP contribution in [-0.4, -0.2) is 23.8 Å². The van der Waals surface area contributed by atoms with Crippen molar-refractivity contribution in [2.45, 2.75) is 44.8 Å². The smallest absolute Gasteiger partial charge is 0.408 e. The summed E-state index contributed by atoms with van der Waals surface area (Å²) in [5, 5.41) is 12.0. The Kier molecular flexibility index (Phi) is 4.66. The van der Waals surface area contributed by atoms with Crippen LogP contribution in [0.2, 0.25) is 0 Å². The summed E-state index contributed by atoms with van der Waals surface area (Å²) >= 11 is 3.38. The fraction of sp³-hybridized carbons (Fsp3) is 0.500. The number of nitrogens with zero attached hydrogens (tertiary/aromatic N) is 1. The number of hydrogen-bond acceptors (Lipinski definition) is 4. The molecule has 1 aromatic carbocycles. The molecule has 118 valence electrons. The molecule has 0 spiro atoms. The number of carbonyl (C=O) groups is 1. The molecular weight excluding hydrogens is 348 g/mol. The van der Waals surface area contributed by atoms with Gasteiger partial charge in [0, 0.05) is 0 Å². The molecule has 1 fully saturated rings. The second-order valence-corrected chi connectivity index (χ2v) is 7.28.